The predicted molar refractivity (Wildman–Crippen MR) is 131 cm³/mol. The van der Waals surface area contributed by atoms with Crippen molar-refractivity contribution in [3.63, 3.8) is 0 Å². The van der Waals surface area contributed by atoms with E-state index in [2.05, 4.69) is 10.3 Å². The highest BCUT2D eigenvalue weighted by Crippen LogP contribution is 2.30. The standard InChI is InChI=1S/C25H21ClN2O5S/c1-3-32-24(31)23-14(2)27-25(34-23)28-21(29)13-33-19-8-4-15(5-9-19)10-17-11-16-6-7-18(26)12-20(16)22(17)30/h4-10,12H,3,11,13H2,1-2H3,(H,27,28,29)/b17-10+. The number of aryl methyl sites for hydroxylation is 1. The SMILES string of the molecule is CCOC(=O)c1sc(NC(=O)COc2ccc(/C=C3\Cc4ccc(Cl)cc4C3=O)cc2)nc1C. The number of fused-ring (bicyclic) bond motifs is 1. The van der Waals surface area contributed by atoms with Crippen LogP contribution in [0.1, 0.15) is 43.8 Å². The number of hydrogen-bond donors (Lipinski definition) is 1. The molecule has 0 saturated carbocycles. The van der Waals surface area contributed by atoms with Crippen LogP contribution in [0.4, 0.5) is 5.13 Å². The summed E-state index contributed by atoms with van der Waals surface area (Å²) >= 11 is 7.06. The second-order valence-electron chi connectivity index (χ2n) is 7.54. The van der Waals surface area contributed by atoms with Crippen LogP contribution in [0.5, 0.6) is 5.75 Å². The van der Waals surface area contributed by atoms with E-state index in [9.17, 15) is 14.4 Å². The van der Waals surface area contributed by atoms with Crippen LogP contribution in [-0.4, -0.2) is 35.9 Å². The lowest BCUT2D eigenvalue weighted by Crippen LogP contribution is -2.20. The molecule has 4 rings (SSSR count). The molecule has 1 aliphatic rings. The minimum Gasteiger partial charge on any atom is -0.484 e. The second-order valence-corrected chi connectivity index (χ2v) is 8.97. The van der Waals surface area contributed by atoms with Crippen molar-refractivity contribution in [2.45, 2.75) is 20.3 Å². The topological polar surface area (TPSA) is 94.6 Å². The smallest absolute Gasteiger partial charge is 0.350 e. The number of nitrogens with one attached hydrogen (secondary N) is 1. The van der Waals surface area contributed by atoms with Crippen molar-refractivity contribution in [3.8, 4) is 5.75 Å². The fraction of sp³-hybridized carbons (Fsp3) is 0.200. The molecule has 0 saturated heterocycles. The molecule has 1 amide bonds. The first-order valence-electron chi connectivity index (χ1n) is 10.5. The van der Waals surface area contributed by atoms with E-state index in [-0.39, 0.29) is 19.0 Å². The number of nitrogens with zero attached hydrogens (tertiary/aromatic N) is 1. The first-order chi connectivity index (χ1) is 16.3. The summed E-state index contributed by atoms with van der Waals surface area (Å²) < 4.78 is 10.5. The van der Waals surface area contributed by atoms with E-state index in [0.717, 1.165) is 22.5 Å². The number of rotatable bonds is 7. The molecule has 0 atom stereocenters. The summed E-state index contributed by atoms with van der Waals surface area (Å²) in [7, 11) is 0. The highest BCUT2D eigenvalue weighted by molar-refractivity contribution is 7.17. The van der Waals surface area contributed by atoms with Gasteiger partial charge in [-0.25, -0.2) is 9.78 Å². The molecule has 1 aliphatic carbocycles. The number of anilines is 1. The summed E-state index contributed by atoms with van der Waals surface area (Å²) in [5, 5.41) is 3.48. The van der Waals surface area contributed by atoms with Crippen LogP contribution < -0.4 is 10.1 Å². The van der Waals surface area contributed by atoms with Crippen molar-refractivity contribution in [2.75, 3.05) is 18.5 Å². The average molecular weight is 497 g/mol. The molecule has 0 radical (unpaired) electrons. The van der Waals surface area contributed by atoms with Gasteiger partial charge in [0.15, 0.2) is 17.5 Å². The van der Waals surface area contributed by atoms with Gasteiger partial charge in [0.1, 0.15) is 10.6 Å². The number of carbonyl (C=O) groups excluding carboxylic acids is 3. The van der Waals surface area contributed by atoms with Crippen LogP contribution in [0.15, 0.2) is 48.0 Å². The minimum atomic E-state index is -0.462. The molecule has 0 bridgehead atoms. The average Bonchev–Trinajstić information content (AvgIpc) is 3.32. The number of Topliss-reactive ketones (excluding diaryl/α,β-unsaturated/α-hetero) is 1. The van der Waals surface area contributed by atoms with Crippen molar-refractivity contribution < 1.29 is 23.9 Å². The number of benzene rings is 2. The lowest BCUT2D eigenvalue weighted by Gasteiger charge is -2.06. The van der Waals surface area contributed by atoms with Crippen molar-refractivity contribution in [1.29, 1.82) is 0 Å². The summed E-state index contributed by atoms with van der Waals surface area (Å²) in [5.41, 5.74) is 3.66. The maximum atomic E-state index is 12.6. The Morgan fingerprint density at radius 1 is 1.21 bits per heavy atom. The molecular formula is C25H21ClN2O5S. The van der Waals surface area contributed by atoms with Crippen LogP contribution in [0, 0.1) is 6.92 Å². The van der Waals surface area contributed by atoms with Crippen molar-refractivity contribution in [2.24, 2.45) is 0 Å². The number of thiazole rings is 1. The van der Waals surface area contributed by atoms with E-state index in [1.807, 2.05) is 24.3 Å². The normalized spacial score (nSPS) is 13.6. The molecule has 174 valence electrons. The number of ether oxygens (including phenoxy) is 2. The largest absolute Gasteiger partial charge is 0.484 e. The molecule has 1 aromatic heterocycles. The number of allylic oxidation sites excluding steroid dienone is 1. The first kappa shape index (κ1) is 23.7. The Morgan fingerprint density at radius 2 is 1.97 bits per heavy atom. The monoisotopic (exact) mass is 496 g/mol. The third-order valence-electron chi connectivity index (χ3n) is 5.08. The maximum Gasteiger partial charge on any atom is 0.350 e. The van der Waals surface area contributed by atoms with Gasteiger partial charge in [0, 0.05) is 22.6 Å². The van der Waals surface area contributed by atoms with E-state index in [0.29, 0.717) is 44.0 Å². The van der Waals surface area contributed by atoms with Crippen LogP contribution >= 0.6 is 22.9 Å². The van der Waals surface area contributed by atoms with Gasteiger partial charge in [0.05, 0.1) is 12.3 Å². The van der Waals surface area contributed by atoms with Crippen LogP contribution in [0.3, 0.4) is 0 Å². The Hall–Kier alpha value is -3.49. The van der Waals surface area contributed by atoms with Gasteiger partial charge < -0.3 is 9.47 Å². The fourth-order valence-corrected chi connectivity index (χ4v) is 4.54. The number of amides is 1. The van der Waals surface area contributed by atoms with E-state index < -0.39 is 11.9 Å². The molecule has 1 heterocycles. The highest BCUT2D eigenvalue weighted by Gasteiger charge is 2.24. The van der Waals surface area contributed by atoms with Crippen molar-refractivity contribution in [3.05, 3.63) is 80.3 Å². The second kappa shape index (κ2) is 10.2. The minimum absolute atomic E-state index is 0.0157. The van der Waals surface area contributed by atoms with Gasteiger partial charge in [-0.3, -0.25) is 14.9 Å². The Labute approximate surface area is 205 Å². The number of hydrogen-bond acceptors (Lipinski definition) is 7. The zero-order valence-corrected chi connectivity index (χ0v) is 20.1. The number of aromatic nitrogens is 1. The van der Waals surface area contributed by atoms with Gasteiger partial charge in [0.2, 0.25) is 0 Å². The zero-order valence-electron chi connectivity index (χ0n) is 18.5. The summed E-state index contributed by atoms with van der Waals surface area (Å²) in [5.74, 6) is -0.370. The molecule has 1 N–H and O–H groups in total. The van der Waals surface area contributed by atoms with E-state index in [1.165, 1.54) is 0 Å². The van der Waals surface area contributed by atoms with Gasteiger partial charge >= 0.3 is 5.97 Å². The fourth-order valence-electron chi connectivity index (χ4n) is 3.49. The van der Waals surface area contributed by atoms with Crippen LogP contribution in [0.25, 0.3) is 6.08 Å². The van der Waals surface area contributed by atoms with E-state index in [1.54, 1.807) is 38.1 Å². The Morgan fingerprint density at radius 3 is 2.71 bits per heavy atom. The van der Waals surface area contributed by atoms with Gasteiger partial charge in [-0.15, -0.1) is 0 Å². The summed E-state index contributed by atoms with van der Waals surface area (Å²) in [4.78, 5) is 41.3. The lowest BCUT2D eigenvalue weighted by atomic mass is 10.1. The molecule has 3 aromatic rings. The van der Waals surface area contributed by atoms with Gasteiger partial charge in [-0.1, -0.05) is 41.1 Å². The third-order valence-corrected chi connectivity index (χ3v) is 6.37. The Balaban J connectivity index is 1.33. The highest BCUT2D eigenvalue weighted by atomic mass is 35.5. The molecule has 0 aliphatic heterocycles. The summed E-state index contributed by atoms with van der Waals surface area (Å²) in [6, 6.07) is 12.5. The molecule has 0 spiro atoms. The van der Waals surface area contributed by atoms with Crippen LogP contribution in [-0.2, 0) is 16.0 Å². The predicted octanol–water partition coefficient (Wildman–Crippen LogP) is 5.12. The van der Waals surface area contributed by atoms with Crippen molar-refractivity contribution >= 4 is 51.8 Å². The zero-order chi connectivity index (χ0) is 24.2. The van der Waals surface area contributed by atoms with Gasteiger partial charge in [-0.2, -0.15) is 0 Å². The molecule has 7 nitrogen and oxygen atoms in total. The number of ketones is 1. The molecule has 0 unspecified atom stereocenters. The molecule has 0 fully saturated rings. The Bertz CT molecular complexity index is 1300. The Kier molecular flexibility index (Phi) is 7.09. The number of carbonyl (C=O) groups is 3. The van der Waals surface area contributed by atoms with Crippen molar-refractivity contribution in [1.82, 2.24) is 4.98 Å². The molecule has 2 aromatic carbocycles. The third kappa shape index (κ3) is 5.35. The quantitative estimate of drug-likeness (QED) is 0.360. The van der Waals surface area contributed by atoms with Gasteiger partial charge in [-0.05, 0) is 55.3 Å². The summed E-state index contributed by atoms with van der Waals surface area (Å²) in [6.07, 6.45) is 2.41. The summed E-state index contributed by atoms with van der Waals surface area (Å²) in [6.45, 7) is 3.45. The molecule has 9 heteroatoms. The van der Waals surface area contributed by atoms with E-state index >= 15 is 0 Å². The lowest BCUT2D eigenvalue weighted by molar-refractivity contribution is -0.118. The molecule has 34 heavy (non-hydrogen) atoms. The number of esters is 1. The maximum absolute atomic E-state index is 12.6. The van der Waals surface area contributed by atoms with Crippen LogP contribution in [0.2, 0.25) is 5.02 Å². The molecular weight excluding hydrogens is 476 g/mol. The van der Waals surface area contributed by atoms with Gasteiger partial charge in [0.25, 0.3) is 5.91 Å². The number of halogens is 1. The first-order valence-corrected chi connectivity index (χ1v) is 11.7. The van der Waals surface area contributed by atoms with E-state index in [4.69, 9.17) is 21.1 Å².